The lowest BCUT2D eigenvalue weighted by Gasteiger charge is -2.16. The number of hydrogen-bond donors (Lipinski definition) is 2. The lowest BCUT2D eigenvalue weighted by molar-refractivity contribution is -0.138. The first-order valence-corrected chi connectivity index (χ1v) is 14.0. The van der Waals surface area contributed by atoms with Gasteiger partial charge in [0.15, 0.2) is 11.0 Å². The van der Waals surface area contributed by atoms with Gasteiger partial charge in [-0.05, 0) is 42.5 Å². The molecule has 0 aliphatic rings. The molecular formula is C28H22ClF6N5O4S. The molecule has 4 aromatic rings. The summed E-state index contributed by atoms with van der Waals surface area (Å²) in [5, 5.41) is 12.8. The van der Waals surface area contributed by atoms with E-state index in [9.17, 15) is 35.9 Å². The summed E-state index contributed by atoms with van der Waals surface area (Å²) in [5.74, 6) is -1.42. The Morgan fingerprint density at radius 2 is 1.67 bits per heavy atom. The van der Waals surface area contributed by atoms with Crippen LogP contribution in [0.1, 0.15) is 27.3 Å². The van der Waals surface area contributed by atoms with Crippen LogP contribution in [0.2, 0.25) is 5.02 Å². The van der Waals surface area contributed by atoms with Gasteiger partial charge in [-0.3, -0.25) is 14.2 Å². The van der Waals surface area contributed by atoms with Gasteiger partial charge < -0.3 is 20.1 Å². The summed E-state index contributed by atoms with van der Waals surface area (Å²) in [6.45, 7) is -0.398. The van der Waals surface area contributed by atoms with E-state index in [2.05, 4.69) is 20.8 Å². The summed E-state index contributed by atoms with van der Waals surface area (Å²) in [7, 11) is 2.79. The molecule has 9 nitrogen and oxygen atoms in total. The van der Waals surface area contributed by atoms with Gasteiger partial charge >= 0.3 is 12.4 Å². The van der Waals surface area contributed by atoms with Gasteiger partial charge in [-0.15, -0.1) is 10.2 Å². The van der Waals surface area contributed by atoms with Crippen molar-refractivity contribution in [3.05, 3.63) is 88.2 Å². The molecule has 0 unspecified atom stereocenters. The standard InChI is InChI=1S/C28H22ClF6N5O4S/c1-43-16-8-10-22(44-2)21(12-16)40-23(13-36-25(42)17-5-3-4-6-18(17)28(33,34)35)38-39-26(40)45-14-24(41)37-20-11-15(27(30,31)32)7-9-19(20)29/h3-12H,13-14H2,1-2H3,(H,36,42)(H,37,41). The number of alkyl halides is 6. The van der Waals surface area contributed by atoms with Crippen LogP contribution in [0, 0.1) is 0 Å². The normalized spacial score (nSPS) is 11.7. The Kier molecular flexibility index (Phi) is 10.2. The van der Waals surface area contributed by atoms with Crippen LogP contribution in [0.3, 0.4) is 0 Å². The summed E-state index contributed by atoms with van der Waals surface area (Å²) in [4.78, 5) is 25.6. The van der Waals surface area contributed by atoms with Crippen molar-refractivity contribution >= 4 is 40.9 Å². The zero-order chi connectivity index (χ0) is 32.9. The van der Waals surface area contributed by atoms with E-state index in [1.165, 1.54) is 24.9 Å². The number of anilines is 1. The molecule has 2 amide bonds. The molecule has 0 radical (unpaired) electrons. The van der Waals surface area contributed by atoms with Crippen molar-refractivity contribution in [1.29, 1.82) is 0 Å². The van der Waals surface area contributed by atoms with Gasteiger partial charge in [0.2, 0.25) is 5.91 Å². The maximum absolute atomic E-state index is 13.5. The molecule has 0 fully saturated rings. The topological polar surface area (TPSA) is 107 Å². The highest BCUT2D eigenvalue weighted by Crippen LogP contribution is 2.35. The molecular weight excluding hydrogens is 652 g/mol. The van der Waals surface area contributed by atoms with Crippen LogP contribution in [0.15, 0.2) is 65.8 Å². The van der Waals surface area contributed by atoms with Crippen molar-refractivity contribution in [1.82, 2.24) is 20.1 Å². The van der Waals surface area contributed by atoms with Gasteiger partial charge in [0, 0.05) is 6.07 Å². The number of nitrogens with zero attached hydrogens (tertiary/aromatic N) is 3. The average Bonchev–Trinajstić information content (AvgIpc) is 3.41. The summed E-state index contributed by atoms with van der Waals surface area (Å²) in [6.07, 6.45) is -9.43. The predicted octanol–water partition coefficient (Wildman–Crippen LogP) is 6.64. The number of halogens is 7. The Bertz CT molecular complexity index is 1710. The Morgan fingerprint density at radius 1 is 0.933 bits per heavy atom. The SMILES string of the molecule is COc1ccc(OC)c(-n2c(CNC(=O)c3ccccc3C(F)(F)F)nnc2SCC(=O)Nc2cc(C(F)(F)F)ccc2Cl)c1. The molecule has 4 rings (SSSR count). The molecule has 1 aromatic heterocycles. The number of aromatic nitrogens is 3. The monoisotopic (exact) mass is 673 g/mol. The zero-order valence-electron chi connectivity index (χ0n) is 23.2. The van der Waals surface area contributed by atoms with Crippen LogP contribution in [0.4, 0.5) is 32.0 Å². The second-order valence-corrected chi connectivity index (χ2v) is 10.4. The molecule has 238 valence electrons. The Morgan fingerprint density at radius 3 is 2.33 bits per heavy atom. The molecule has 17 heteroatoms. The fourth-order valence-corrected chi connectivity index (χ4v) is 4.95. The first kappa shape index (κ1) is 33.5. The van der Waals surface area contributed by atoms with Crippen LogP contribution in [-0.4, -0.2) is 46.6 Å². The van der Waals surface area contributed by atoms with Gasteiger partial charge in [0.1, 0.15) is 11.5 Å². The van der Waals surface area contributed by atoms with Gasteiger partial charge in [0.05, 0.1) is 59.6 Å². The maximum Gasteiger partial charge on any atom is 0.417 e. The smallest absolute Gasteiger partial charge is 0.417 e. The van der Waals surface area contributed by atoms with Gasteiger partial charge in [-0.2, -0.15) is 26.3 Å². The maximum atomic E-state index is 13.5. The van der Waals surface area contributed by atoms with Crippen molar-refractivity contribution in [2.24, 2.45) is 0 Å². The van der Waals surface area contributed by atoms with Gasteiger partial charge in [-0.25, -0.2) is 0 Å². The highest BCUT2D eigenvalue weighted by Gasteiger charge is 2.35. The summed E-state index contributed by atoms with van der Waals surface area (Å²) >= 11 is 6.81. The predicted molar refractivity (Wildman–Crippen MR) is 153 cm³/mol. The van der Waals surface area contributed by atoms with Gasteiger partial charge in [-0.1, -0.05) is 35.5 Å². The third-order valence-corrected chi connectivity index (χ3v) is 7.37. The molecule has 0 bridgehead atoms. The number of benzene rings is 3. The Labute approximate surface area is 260 Å². The molecule has 0 saturated carbocycles. The van der Waals surface area contributed by atoms with Gasteiger partial charge in [0.25, 0.3) is 5.91 Å². The lowest BCUT2D eigenvalue weighted by Crippen LogP contribution is -2.27. The van der Waals surface area contributed by atoms with E-state index in [4.69, 9.17) is 21.1 Å². The van der Waals surface area contributed by atoms with E-state index in [0.29, 0.717) is 17.5 Å². The largest absolute Gasteiger partial charge is 0.497 e. The number of nitrogens with one attached hydrogen (secondary N) is 2. The molecule has 0 aliphatic carbocycles. The van der Waals surface area contributed by atoms with Crippen LogP contribution >= 0.6 is 23.4 Å². The van der Waals surface area contributed by atoms with E-state index in [-0.39, 0.29) is 33.2 Å². The number of carbonyl (C=O) groups is 2. The first-order chi connectivity index (χ1) is 21.2. The molecule has 0 saturated heterocycles. The first-order valence-electron chi connectivity index (χ1n) is 12.6. The number of thioether (sulfide) groups is 1. The zero-order valence-corrected chi connectivity index (χ0v) is 24.8. The fourth-order valence-electron chi connectivity index (χ4n) is 4.02. The second-order valence-electron chi connectivity index (χ2n) is 9.03. The van der Waals surface area contributed by atoms with Crippen molar-refractivity contribution in [3.63, 3.8) is 0 Å². The van der Waals surface area contributed by atoms with Crippen molar-refractivity contribution in [2.75, 3.05) is 25.3 Å². The van der Waals surface area contributed by atoms with E-state index < -0.39 is 47.4 Å². The number of carbonyl (C=O) groups excluding carboxylic acids is 2. The molecule has 0 spiro atoms. The summed E-state index contributed by atoms with van der Waals surface area (Å²) in [5.41, 5.74) is -2.69. The van der Waals surface area contributed by atoms with Crippen LogP contribution in [0.25, 0.3) is 5.69 Å². The lowest BCUT2D eigenvalue weighted by atomic mass is 10.1. The molecule has 0 atom stereocenters. The molecule has 1 heterocycles. The second kappa shape index (κ2) is 13.7. The van der Waals surface area contributed by atoms with Crippen molar-refractivity contribution < 1.29 is 45.4 Å². The van der Waals surface area contributed by atoms with E-state index >= 15 is 0 Å². The van der Waals surface area contributed by atoms with E-state index in [0.717, 1.165) is 42.1 Å². The number of ether oxygens (including phenoxy) is 2. The Hall–Kier alpha value is -4.44. The number of amides is 2. The van der Waals surface area contributed by atoms with E-state index in [1.54, 1.807) is 18.2 Å². The average molecular weight is 674 g/mol. The fraction of sp³-hybridized carbons (Fsp3) is 0.214. The van der Waals surface area contributed by atoms with Crippen LogP contribution < -0.4 is 20.1 Å². The molecule has 3 aromatic carbocycles. The highest BCUT2D eigenvalue weighted by atomic mass is 35.5. The summed E-state index contributed by atoms with van der Waals surface area (Å²) in [6, 6.07) is 11.5. The minimum absolute atomic E-state index is 0.0447. The number of hydrogen-bond acceptors (Lipinski definition) is 7. The Balaban J connectivity index is 1.62. The summed E-state index contributed by atoms with van der Waals surface area (Å²) < 4.78 is 92.0. The van der Waals surface area contributed by atoms with Crippen LogP contribution in [-0.2, 0) is 23.7 Å². The van der Waals surface area contributed by atoms with Crippen molar-refractivity contribution in [2.45, 2.75) is 24.1 Å². The minimum Gasteiger partial charge on any atom is -0.497 e. The molecule has 0 aliphatic heterocycles. The highest BCUT2D eigenvalue weighted by molar-refractivity contribution is 7.99. The van der Waals surface area contributed by atoms with E-state index in [1.807, 2.05) is 0 Å². The molecule has 2 N–H and O–H groups in total. The van der Waals surface area contributed by atoms with Crippen LogP contribution in [0.5, 0.6) is 11.5 Å². The van der Waals surface area contributed by atoms with Crippen molar-refractivity contribution in [3.8, 4) is 17.2 Å². The quantitative estimate of drug-likeness (QED) is 0.144. The third-order valence-electron chi connectivity index (χ3n) is 6.11. The third kappa shape index (κ3) is 7.99. The number of methoxy groups -OCH3 is 2. The number of rotatable bonds is 10. The molecule has 45 heavy (non-hydrogen) atoms. The minimum atomic E-state index is -4.77.